The number of thiazole rings is 1. The number of aryl methyl sites for hydroxylation is 1. The summed E-state index contributed by atoms with van der Waals surface area (Å²) >= 11 is 1.39. The number of ether oxygens (including phenoxy) is 1. The summed E-state index contributed by atoms with van der Waals surface area (Å²) in [6, 6.07) is 18.9. The van der Waals surface area contributed by atoms with Crippen LogP contribution in [0.15, 0.2) is 65.7 Å². The number of hydrogen-bond donors (Lipinski definition) is 0. The van der Waals surface area contributed by atoms with Crippen molar-refractivity contribution in [2.45, 2.75) is 20.4 Å². The van der Waals surface area contributed by atoms with Crippen LogP contribution in [-0.2, 0) is 11.3 Å². The molecular formula is C23H20N2O3S. The number of nitrogens with zero attached hydrogens (tertiary/aromatic N) is 2. The molecule has 0 fully saturated rings. The predicted octanol–water partition coefficient (Wildman–Crippen LogP) is 4.79. The Bertz CT molecular complexity index is 1300. The maximum atomic E-state index is 13.0. The SMILES string of the molecule is CCOC(=O)c1ccc2c(c1)sc(=NC(=O)c1cccc3ccccc13)n2CC. The fraction of sp³-hybridized carbons (Fsp3) is 0.174. The smallest absolute Gasteiger partial charge is 0.338 e. The summed E-state index contributed by atoms with van der Waals surface area (Å²) in [4.78, 5) is 30.1. The van der Waals surface area contributed by atoms with Gasteiger partial charge in [0.2, 0.25) is 0 Å². The van der Waals surface area contributed by atoms with E-state index in [2.05, 4.69) is 4.99 Å². The first-order valence-electron chi connectivity index (χ1n) is 9.49. The molecule has 0 unspecified atom stereocenters. The van der Waals surface area contributed by atoms with Crippen LogP contribution in [-0.4, -0.2) is 23.1 Å². The third-order valence-electron chi connectivity index (χ3n) is 4.73. The second kappa shape index (κ2) is 8.01. The van der Waals surface area contributed by atoms with Crippen LogP contribution in [0.3, 0.4) is 0 Å². The van der Waals surface area contributed by atoms with Crippen LogP contribution in [0.25, 0.3) is 21.0 Å². The largest absolute Gasteiger partial charge is 0.462 e. The van der Waals surface area contributed by atoms with Gasteiger partial charge >= 0.3 is 5.97 Å². The average molecular weight is 404 g/mol. The van der Waals surface area contributed by atoms with Crippen molar-refractivity contribution in [1.82, 2.24) is 4.57 Å². The van der Waals surface area contributed by atoms with Gasteiger partial charge in [0.05, 0.1) is 22.4 Å². The third kappa shape index (κ3) is 3.59. The first-order chi connectivity index (χ1) is 14.1. The van der Waals surface area contributed by atoms with E-state index < -0.39 is 0 Å². The maximum Gasteiger partial charge on any atom is 0.338 e. The molecule has 5 nitrogen and oxygen atoms in total. The Kier molecular flexibility index (Phi) is 5.27. The Morgan fingerprint density at radius 2 is 1.83 bits per heavy atom. The van der Waals surface area contributed by atoms with E-state index in [4.69, 9.17) is 4.74 Å². The first-order valence-corrected chi connectivity index (χ1v) is 10.3. The molecule has 0 N–H and O–H groups in total. The van der Waals surface area contributed by atoms with Gasteiger partial charge in [-0.05, 0) is 48.9 Å². The monoisotopic (exact) mass is 404 g/mol. The molecule has 0 atom stereocenters. The van der Waals surface area contributed by atoms with Crippen LogP contribution < -0.4 is 4.80 Å². The van der Waals surface area contributed by atoms with Gasteiger partial charge in [-0.25, -0.2) is 4.79 Å². The van der Waals surface area contributed by atoms with E-state index in [1.807, 2.05) is 54.0 Å². The minimum absolute atomic E-state index is 0.277. The number of hydrogen-bond acceptors (Lipinski definition) is 4. The van der Waals surface area contributed by atoms with Gasteiger partial charge in [-0.3, -0.25) is 4.79 Å². The molecule has 1 amide bonds. The molecule has 146 valence electrons. The Hall–Kier alpha value is -3.25. The van der Waals surface area contributed by atoms with Gasteiger partial charge in [-0.15, -0.1) is 0 Å². The molecule has 4 rings (SSSR count). The quantitative estimate of drug-likeness (QED) is 0.459. The van der Waals surface area contributed by atoms with E-state index in [-0.39, 0.29) is 11.9 Å². The molecule has 1 aromatic heterocycles. The summed E-state index contributed by atoms with van der Waals surface area (Å²) in [7, 11) is 0. The molecule has 0 saturated carbocycles. The highest BCUT2D eigenvalue weighted by atomic mass is 32.1. The normalized spacial score (nSPS) is 11.9. The fourth-order valence-corrected chi connectivity index (χ4v) is 4.50. The maximum absolute atomic E-state index is 13.0. The molecule has 0 saturated heterocycles. The third-order valence-corrected chi connectivity index (χ3v) is 5.77. The van der Waals surface area contributed by atoms with Crippen LogP contribution in [0, 0.1) is 0 Å². The van der Waals surface area contributed by atoms with Crippen LogP contribution in [0.4, 0.5) is 0 Å². The molecule has 0 aliphatic carbocycles. The van der Waals surface area contributed by atoms with Crippen molar-refractivity contribution in [3.63, 3.8) is 0 Å². The average Bonchev–Trinajstić information content (AvgIpc) is 3.09. The van der Waals surface area contributed by atoms with Crippen LogP contribution in [0.2, 0.25) is 0 Å². The van der Waals surface area contributed by atoms with E-state index in [0.717, 1.165) is 21.0 Å². The molecule has 0 spiro atoms. The van der Waals surface area contributed by atoms with Gasteiger partial charge in [0.15, 0.2) is 4.80 Å². The summed E-state index contributed by atoms with van der Waals surface area (Å²) in [5.74, 6) is -0.627. The zero-order valence-electron chi connectivity index (χ0n) is 16.2. The number of esters is 1. The second-order valence-electron chi connectivity index (χ2n) is 6.48. The van der Waals surface area contributed by atoms with Crippen molar-refractivity contribution in [3.05, 3.63) is 76.6 Å². The van der Waals surface area contributed by atoms with E-state index >= 15 is 0 Å². The second-order valence-corrected chi connectivity index (χ2v) is 7.48. The van der Waals surface area contributed by atoms with Crippen molar-refractivity contribution in [2.75, 3.05) is 6.61 Å². The summed E-state index contributed by atoms with van der Waals surface area (Å²) in [6.07, 6.45) is 0. The summed E-state index contributed by atoms with van der Waals surface area (Å²) in [5.41, 5.74) is 2.02. The summed E-state index contributed by atoms with van der Waals surface area (Å²) < 4.78 is 7.96. The van der Waals surface area contributed by atoms with Crippen molar-refractivity contribution in [1.29, 1.82) is 0 Å². The van der Waals surface area contributed by atoms with Gasteiger partial charge in [0.1, 0.15) is 0 Å². The molecule has 0 aliphatic rings. The van der Waals surface area contributed by atoms with Gasteiger partial charge in [0, 0.05) is 12.1 Å². The molecule has 3 aromatic carbocycles. The minimum Gasteiger partial charge on any atom is -0.462 e. The zero-order chi connectivity index (χ0) is 20.4. The van der Waals surface area contributed by atoms with Crippen molar-refractivity contribution in [2.24, 2.45) is 4.99 Å². The Morgan fingerprint density at radius 3 is 2.62 bits per heavy atom. The molecule has 0 radical (unpaired) electrons. The van der Waals surface area contributed by atoms with Gasteiger partial charge in [-0.1, -0.05) is 47.7 Å². The number of amides is 1. The fourth-order valence-electron chi connectivity index (χ4n) is 3.36. The van der Waals surface area contributed by atoms with Gasteiger partial charge < -0.3 is 9.30 Å². The van der Waals surface area contributed by atoms with Gasteiger partial charge in [0.25, 0.3) is 5.91 Å². The standard InChI is InChI=1S/C23H20N2O3S/c1-3-25-19-13-12-16(22(27)28-4-2)14-20(19)29-23(25)24-21(26)18-11-7-9-15-8-5-6-10-17(15)18/h5-14H,3-4H2,1-2H3. The highest BCUT2D eigenvalue weighted by molar-refractivity contribution is 7.16. The number of aromatic nitrogens is 1. The summed E-state index contributed by atoms with van der Waals surface area (Å²) in [6.45, 7) is 4.78. The van der Waals surface area contributed by atoms with Gasteiger partial charge in [-0.2, -0.15) is 4.99 Å². The lowest BCUT2D eigenvalue weighted by atomic mass is 10.0. The molecule has 0 bridgehead atoms. The molecule has 29 heavy (non-hydrogen) atoms. The lowest BCUT2D eigenvalue weighted by Crippen LogP contribution is -2.16. The van der Waals surface area contributed by atoms with E-state index in [9.17, 15) is 9.59 Å². The van der Waals surface area contributed by atoms with E-state index in [1.54, 1.807) is 25.1 Å². The molecule has 6 heteroatoms. The van der Waals surface area contributed by atoms with Crippen LogP contribution in [0.5, 0.6) is 0 Å². The highest BCUT2D eigenvalue weighted by Gasteiger charge is 2.13. The number of rotatable bonds is 4. The molecular weight excluding hydrogens is 384 g/mol. The van der Waals surface area contributed by atoms with Crippen LogP contribution in [0.1, 0.15) is 34.6 Å². The lowest BCUT2D eigenvalue weighted by Gasteiger charge is -2.04. The van der Waals surface area contributed by atoms with Crippen molar-refractivity contribution < 1.29 is 14.3 Å². The van der Waals surface area contributed by atoms with E-state index in [1.165, 1.54) is 11.3 Å². The van der Waals surface area contributed by atoms with Crippen LogP contribution >= 0.6 is 11.3 Å². The number of carbonyl (C=O) groups is 2. The Labute approximate surface area is 171 Å². The number of fused-ring (bicyclic) bond motifs is 2. The van der Waals surface area contributed by atoms with E-state index in [0.29, 0.717) is 29.1 Å². The number of carbonyl (C=O) groups excluding carboxylic acids is 2. The predicted molar refractivity (Wildman–Crippen MR) is 115 cm³/mol. The number of benzene rings is 3. The molecule has 0 aliphatic heterocycles. The summed E-state index contributed by atoms with van der Waals surface area (Å²) in [5, 5.41) is 1.89. The molecule has 1 heterocycles. The Morgan fingerprint density at radius 1 is 1.03 bits per heavy atom. The highest BCUT2D eigenvalue weighted by Crippen LogP contribution is 2.22. The topological polar surface area (TPSA) is 60.7 Å². The van der Waals surface area contributed by atoms with Crippen molar-refractivity contribution in [3.8, 4) is 0 Å². The Balaban J connectivity index is 1.82. The first kappa shape index (κ1) is 19.1. The molecule has 4 aromatic rings. The zero-order valence-corrected chi connectivity index (χ0v) is 17.0. The lowest BCUT2D eigenvalue weighted by molar-refractivity contribution is 0.0526. The minimum atomic E-state index is -0.351. The van der Waals surface area contributed by atoms with Crippen molar-refractivity contribution >= 4 is 44.2 Å².